The number of hydrogen-bond donors (Lipinski definition) is 1. The number of hydrogen-bond acceptors (Lipinski definition) is 7. The summed E-state index contributed by atoms with van der Waals surface area (Å²) in [6.07, 6.45) is 14.8. The number of fused-ring (bicyclic) bond motifs is 3. The van der Waals surface area contributed by atoms with Crippen molar-refractivity contribution in [3.8, 4) is 0 Å². The molecule has 0 aromatic rings. The molecule has 0 unspecified atom stereocenters. The summed E-state index contributed by atoms with van der Waals surface area (Å²) in [6, 6.07) is -0.656. The molecule has 0 radical (unpaired) electrons. The van der Waals surface area contributed by atoms with Crippen molar-refractivity contribution >= 4 is 39.2 Å². The molecule has 3 aliphatic heterocycles. The maximum Gasteiger partial charge on any atom is 0.287 e. The lowest BCUT2D eigenvalue weighted by Gasteiger charge is -2.41. The van der Waals surface area contributed by atoms with Gasteiger partial charge in [-0.15, -0.1) is 0 Å². The fraction of sp³-hybridized carbons (Fsp3) is 0.875. The Kier molecular flexibility index (Phi) is 11.9. The minimum absolute atomic E-state index is 0.00120. The maximum atomic E-state index is 14.6. The van der Waals surface area contributed by atoms with E-state index in [4.69, 9.17) is 0 Å². The molecule has 3 heterocycles. The smallest absolute Gasteiger partial charge is 0.287 e. The van der Waals surface area contributed by atoms with Crippen molar-refractivity contribution in [2.24, 2.45) is 40.4 Å². The molecule has 1 N–H and O–H groups in total. The first-order valence-electron chi connectivity index (χ1n) is 20.4. The Morgan fingerprint density at radius 1 is 0.843 bits per heavy atom. The molecule has 0 bridgehead atoms. The molecule has 3 saturated heterocycles. The Labute approximate surface area is 306 Å². The lowest BCUT2D eigenvalue weighted by atomic mass is 9.67. The molecular weight excluding hydrogens is 667 g/mol. The number of nitrogens with one attached hydrogen (secondary N) is 1. The molecule has 6 rings (SSSR count). The van der Waals surface area contributed by atoms with E-state index in [1.54, 1.807) is 11.9 Å². The number of carbonyl (C=O) groups is 5. The first-order valence-corrected chi connectivity index (χ1v) is 21.9. The number of amides is 2. The summed E-state index contributed by atoms with van der Waals surface area (Å²) in [5.74, 6) is -2.06. The average molecular weight is 730 g/mol. The summed E-state index contributed by atoms with van der Waals surface area (Å²) in [7, 11) is -1.85. The van der Waals surface area contributed by atoms with Gasteiger partial charge in [-0.2, -0.15) is 0 Å². The Morgan fingerprint density at radius 3 is 2.10 bits per heavy atom. The second kappa shape index (κ2) is 15.7. The molecule has 51 heavy (non-hydrogen) atoms. The molecule has 2 amide bonds. The van der Waals surface area contributed by atoms with Crippen molar-refractivity contribution in [1.29, 1.82) is 0 Å². The third kappa shape index (κ3) is 8.34. The van der Waals surface area contributed by atoms with Crippen LogP contribution in [0.5, 0.6) is 0 Å². The summed E-state index contributed by atoms with van der Waals surface area (Å²) < 4.78 is 28.3. The SMILES string of the molecule is CN1CC[C@H](C2(CC(=O)C[C@H]3CCCCCCCCC[C@@H](C(=O)C(=O)NCC4CC4)CC(=O)[C@@H]4[C@@H]5[C@H](CN4C3=O)C5(C)C)CCCCC2)S1(=O)=O. The number of nitrogens with zero attached hydrogens (tertiary/aromatic N) is 2. The van der Waals surface area contributed by atoms with Crippen LogP contribution < -0.4 is 5.32 Å². The van der Waals surface area contributed by atoms with Crippen LogP contribution in [-0.4, -0.2) is 84.8 Å². The predicted molar refractivity (Wildman–Crippen MR) is 195 cm³/mol. The van der Waals surface area contributed by atoms with Crippen LogP contribution in [0, 0.1) is 40.4 Å². The van der Waals surface area contributed by atoms with Gasteiger partial charge < -0.3 is 10.2 Å². The zero-order chi connectivity index (χ0) is 36.6. The Balaban J connectivity index is 1.21. The van der Waals surface area contributed by atoms with E-state index in [9.17, 15) is 32.4 Å². The van der Waals surface area contributed by atoms with Gasteiger partial charge in [-0.1, -0.05) is 78.1 Å². The zero-order valence-electron chi connectivity index (χ0n) is 31.5. The first kappa shape index (κ1) is 38.6. The zero-order valence-corrected chi connectivity index (χ0v) is 32.3. The highest BCUT2D eigenvalue weighted by atomic mass is 32.2. The van der Waals surface area contributed by atoms with Crippen LogP contribution in [-0.2, 0) is 34.0 Å². The van der Waals surface area contributed by atoms with Gasteiger partial charge in [0.05, 0.1) is 11.3 Å². The van der Waals surface area contributed by atoms with E-state index in [2.05, 4.69) is 19.2 Å². The van der Waals surface area contributed by atoms with E-state index in [1.165, 1.54) is 4.31 Å². The first-order chi connectivity index (χ1) is 24.3. The number of Topliss-reactive ketones (excluding diaryl/α,β-unsaturated/α-hetero) is 3. The van der Waals surface area contributed by atoms with Gasteiger partial charge >= 0.3 is 0 Å². The largest absolute Gasteiger partial charge is 0.349 e. The Hall–Kier alpha value is -2.14. The van der Waals surface area contributed by atoms with Crippen molar-refractivity contribution in [2.45, 2.75) is 154 Å². The van der Waals surface area contributed by atoms with Gasteiger partial charge in [-0.3, -0.25) is 24.0 Å². The van der Waals surface area contributed by atoms with E-state index >= 15 is 0 Å². The van der Waals surface area contributed by atoms with Crippen molar-refractivity contribution < 1.29 is 32.4 Å². The van der Waals surface area contributed by atoms with E-state index < -0.39 is 50.3 Å². The molecule has 6 fully saturated rings. The van der Waals surface area contributed by atoms with Gasteiger partial charge in [-0.05, 0) is 73.5 Å². The van der Waals surface area contributed by atoms with E-state index in [0.717, 1.165) is 77.0 Å². The van der Waals surface area contributed by atoms with Crippen LogP contribution in [0.1, 0.15) is 142 Å². The van der Waals surface area contributed by atoms with Gasteiger partial charge in [0, 0.05) is 57.8 Å². The molecule has 0 aromatic heterocycles. The van der Waals surface area contributed by atoms with Crippen LogP contribution in [0.25, 0.3) is 0 Å². The lowest BCUT2D eigenvalue weighted by molar-refractivity contribution is -0.146. The van der Waals surface area contributed by atoms with Crippen molar-refractivity contribution in [1.82, 2.24) is 14.5 Å². The van der Waals surface area contributed by atoms with Crippen molar-refractivity contribution in [2.75, 3.05) is 26.7 Å². The minimum Gasteiger partial charge on any atom is -0.349 e. The monoisotopic (exact) mass is 729 g/mol. The second-order valence-corrected chi connectivity index (χ2v) is 20.2. The minimum atomic E-state index is -3.48. The maximum absolute atomic E-state index is 14.6. The molecule has 0 aromatic carbocycles. The Morgan fingerprint density at radius 2 is 1.47 bits per heavy atom. The van der Waals surface area contributed by atoms with Gasteiger partial charge in [-0.25, -0.2) is 12.7 Å². The van der Waals surface area contributed by atoms with Crippen molar-refractivity contribution in [3.63, 3.8) is 0 Å². The van der Waals surface area contributed by atoms with E-state index in [-0.39, 0.29) is 54.0 Å². The molecule has 286 valence electrons. The summed E-state index contributed by atoms with van der Waals surface area (Å²) in [5, 5.41) is 2.25. The molecule has 3 saturated carbocycles. The van der Waals surface area contributed by atoms with Crippen LogP contribution in [0.3, 0.4) is 0 Å². The second-order valence-electron chi connectivity index (χ2n) is 18.0. The number of carbonyl (C=O) groups excluding carboxylic acids is 5. The standard InChI is InChI=1S/C40H63N3O7S/c1-39(2)31-26-43-35(34(31)39)32(45)23-28(36(46)37(47)41-25-27-16-17-27)14-10-7-5-4-6-8-11-15-29(38(43)48)22-30(44)24-40(19-12-9-13-20-40)33-18-21-42(3)51(33,49)50/h27-29,31,33-35H,4-26H2,1-3H3,(H,41,47)/t28-,29-,31+,33-,34+,35-/m1/s1. The predicted octanol–water partition coefficient (Wildman–Crippen LogP) is 5.61. The van der Waals surface area contributed by atoms with Gasteiger partial charge in [0.1, 0.15) is 5.78 Å². The molecule has 10 nitrogen and oxygen atoms in total. The quantitative estimate of drug-likeness (QED) is 0.305. The molecular formula is C40H63N3O7S. The average Bonchev–Trinajstić information content (AvgIpc) is 3.92. The van der Waals surface area contributed by atoms with E-state index in [1.807, 2.05) is 0 Å². The van der Waals surface area contributed by atoms with Crippen LogP contribution in [0.4, 0.5) is 0 Å². The van der Waals surface area contributed by atoms with Gasteiger partial charge in [0.25, 0.3) is 5.91 Å². The Bertz CT molecular complexity index is 1450. The normalized spacial score (nSPS) is 34.4. The van der Waals surface area contributed by atoms with Gasteiger partial charge in [0.15, 0.2) is 5.78 Å². The molecule has 3 aliphatic carbocycles. The highest BCUT2D eigenvalue weighted by molar-refractivity contribution is 7.90. The van der Waals surface area contributed by atoms with E-state index in [0.29, 0.717) is 57.7 Å². The number of rotatable bonds is 9. The topological polar surface area (TPSA) is 138 Å². The van der Waals surface area contributed by atoms with Crippen molar-refractivity contribution in [3.05, 3.63) is 0 Å². The highest BCUT2D eigenvalue weighted by Crippen LogP contribution is 2.65. The van der Waals surface area contributed by atoms with Gasteiger partial charge in [0.2, 0.25) is 21.7 Å². The van der Waals surface area contributed by atoms with Crippen LogP contribution in [0.15, 0.2) is 0 Å². The van der Waals surface area contributed by atoms with Crippen LogP contribution in [0.2, 0.25) is 0 Å². The molecule has 6 atom stereocenters. The number of piperidine rings is 1. The third-order valence-corrected chi connectivity index (χ3v) is 16.6. The summed E-state index contributed by atoms with van der Waals surface area (Å²) in [4.78, 5) is 71.3. The molecule has 0 spiro atoms. The fourth-order valence-electron chi connectivity index (χ4n) is 10.6. The third-order valence-electron chi connectivity index (χ3n) is 14.1. The number of ketones is 3. The number of sulfonamides is 1. The highest BCUT2D eigenvalue weighted by Gasteiger charge is 2.69. The fourth-order valence-corrected chi connectivity index (χ4v) is 12.8. The molecule has 11 heteroatoms. The summed E-state index contributed by atoms with van der Waals surface area (Å²) >= 11 is 0. The lowest BCUT2D eigenvalue weighted by Crippen LogP contribution is -2.49. The summed E-state index contributed by atoms with van der Waals surface area (Å²) in [5.41, 5.74) is -0.692. The molecule has 6 aliphatic rings. The summed E-state index contributed by atoms with van der Waals surface area (Å²) in [6.45, 7) is 5.73. The van der Waals surface area contributed by atoms with Crippen LogP contribution >= 0.6 is 0 Å².